The zero-order chi connectivity index (χ0) is 13.4. The van der Waals surface area contributed by atoms with E-state index in [1.165, 1.54) is 0 Å². The number of ether oxygens (including phenoxy) is 2. The van der Waals surface area contributed by atoms with E-state index in [4.69, 9.17) is 20.3 Å². The highest BCUT2D eigenvalue weighted by atomic mass is 16.5. The number of guanidine groups is 1. The summed E-state index contributed by atoms with van der Waals surface area (Å²) in [6.45, 7) is 0.846. The Balaban J connectivity index is 2.67. The first-order valence-electron chi connectivity index (χ1n) is 5.56. The summed E-state index contributed by atoms with van der Waals surface area (Å²) in [5, 5.41) is 11.4. The third-order valence-corrected chi connectivity index (χ3v) is 2.30. The zero-order valence-corrected chi connectivity index (χ0v) is 10.6. The average Bonchev–Trinajstić information content (AvgIpc) is 2.42. The second-order valence-corrected chi connectivity index (χ2v) is 3.54. The number of aliphatic imine (C=N–C) groups is 1. The lowest BCUT2D eigenvalue weighted by atomic mass is 10.2. The summed E-state index contributed by atoms with van der Waals surface area (Å²) in [4.78, 5) is 4.14. The van der Waals surface area contributed by atoms with E-state index in [1.807, 2.05) is 18.2 Å². The van der Waals surface area contributed by atoms with Crippen molar-refractivity contribution in [2.45, 2.75) is 6.54 Å². The van der Waals surface area contributed by atoms with Gasteiger partial charge in [0.2, 0.25) is 0 Å². The molecular formula is C12H19N3O3. The molecular weight excluding hydrogens is 234 g/mol. The highest BCUT2D eigenvalue weighted by Crippen LogP contribution is 2.27. The molecule has 0 spiro atoms. The van der Waals surface area contributed by atoms with Crippen molar-refractivity contribution in [3.05, 3.63) is 23.8 Å². The van der Waals surface area contributed by atoms with Gasteiger partial charge in [-0.15, -0.1) is 0 Å². The van der Waals surface area contributed by atoms with Crippen LogP contribution in [0.2, 0.25) is 0 Å². The van der Waals surface area contributed by atoms with Gasteiger partial charge in [-0.2, -0.15) is 0 Å². The van der Waals surface area contributed by atoms with Crippen LogP contribution in [-0.2, 0) is 6.54 Å². The fourth-order valence-electron chi connectivity index (χ4n) is 1.40. The third kappa shape index (κ3) is 4.14. The van der Waals surface area contributed by atoms with Crippen LogP contribution in [0.25, 0.3) is 0 Å². The van der Waals surface area contributed by atoms with Crippen LogP contribution in [0.3, 0.4) is 0 Å². The Morgan fingerprint density at radius 2 is 2.06 bits per heavy atom. The van der Waals surface area contributed by atoms with Gasteiger partial charge in [0.15, 0.2) is 17.5 Å². The lowest BCUT2D eigenvalue weighted by Crippen LogP contribution is -2.33. The molecule has 1 aromatic carbocycles. The summed E-state index contributed by atoms with van der Waals surface area (Å²) in [5.41, 5.74) is 6.57. The molecule has 0 amide bonds. The second-order valence-electron chi connectivity index (χ2n) is 3.54. The number of hydrogen-bond donors (Lipinski definition) is 3. The minimum atomic E-state index is 0.0204. The van der Waals surface area contributed by atoms with Crippen molar-refractivity contribution in [1.29, 1.82) is 0 Å². The molecule has 1 rings (SSSR count). The van der Waals surface area contributed by atoms with E-state index in [1.54, 1.807) is 14.2 Å². The van der Waals surface area contributed by atoms with E-state index < -0.39 is 0 Å². The quantitative estimate of drug-likeness (QED) is 0.494. The van der Waals surface area contributed by atoms with E-state index in [0.717, 1.165) is 5.56 Å². The molecule has 0 radical (unpaired) electrons. The van der Waals surface area contributed by atoms with Gasteiger partial charge < -0.3 is 25.6 Å². The van der Waals surface area contributed by atoms with Gasteiger partial charge in [0.25, 0.3) is 0 Å². The van der Waals surface area contributed by atoms with Crippen LogP contribution in [0, 0.1) is 0 Å². The third-order valence-electron chi connectivity index (χ3n) is 2.30. The molecule has 0 fully saturated rings. The molecule has 6 heteroatoms. The lowest BCUT2D eigenvalue weighted by Gasteiger charge is -2.09. The van der Waals surface area contributed by atoms with Gasteiger partial charge in [-0.05, 0) is 17.7 Å². The van der Waals surface area contributed by atoms with Crippen LogP contribution in [0.4, 0.5) is 0 Å². The van der Waals surface area contributed by atoms with Crippen LogP contribution in [-0.4, -0.2) is 38.4 Å². The lowest BCUT2D eigenvalue weighted by molar-refractivity contribution is 0.300. The van der Waals surface area contributed by atoms with Crippen LogP contribution in [0.5, 0.6) is 11.5 Å². The molecule has 6 nitrogen and oxygen atoms in total. The minimum Gasteiger partial charge on any atom is -0.493 e. The van der Waals surface area contributed by atoms with Gasteiger partial charge in [0, 0.05) is 6.54 Å². The molecule has 0 unspecified atom stereocenters. The van der Waals surface area contributed by atoms with Gasteiger partial charge in [0.1, 0.15) is 0 Å². The molecule has 0 aliphatic rings. The molecule has 0 saturated heterocycles. The van der Waals surface area contributed by atoms with Gasteiger partial charge in [0.05, 0.1) is 27.4 Å². The van der Waals surface area contributed by atoms with Crippen molar-refractivity contribution < 1.29 is 14.6 Å². The second kappa shape index (κ2) is 7.39. The predicted molar refractivity (Wildman–Crippen MR) is 70.0 cm³/mol. The maximum atomic E-state index is 8.62. The normalized spacial score (nSPS) is 11.2. The minimum absolute atomic E-state index is 0.0204. The Morgan fingerprint density at radius 3 is 2.67 bits per heavy atom. The van der Waals surface area contributed by atoms with Crippen molar-refractivity contribution in [1.82, 2.24) is 5.32 Å². The molecule has 0 bridgehead atoms. The van der Waals surface area contributed by atoms with E-state index >= 15 is 0 Å². The molecule has 18 heavy (non-hydrogen) atoms. The number of hydrogen-bond acceptors (Lipinski definition) is 4. The number of aliphatic hydroxyl groups is 1. The topological polar surface area (TPSA) is 89.1 Å². The van der Waals surface area contributed by atoms with Crippen molar-refractivity contribution in [3.63, 3.8) is 0 Å². The highest BCUT2D eigenvalue weighted by Gasteiger charge is 2.03. The highest BCUT2D eigenvalue weighted by molar-refractivity contribution is 5.77. The number of nitrogens with two attached hydrogens (primary N) is 1. The maximum absolute atomic E-state index is 8.62. The van der Waals surface area contributed by atoms with Crippen molar-refractivity contribution in [3.8, 4) is 11.5 Å². The first-order chi connectivity index (χ1) is 8.71. The van der Waals surface area contributed by atoms with E-state index in [2.05, 4.69) is 10.3 Å². The molecule has 0 atom stereocenters. The summed E-state index contributed by atoms with van der Waals surface area (Å²) in [7, 11) is 3.18. The zero-order valence-electron chi connectivity index (χ0n) is 10.6. The van der Waals surface area contributed by atoms with Crippen LogP contribution >= 0.6 is 0 Å². The Morgan fingerprint density at radius 1 is 1.33 bits per heavy atom. The van der Waals surface area contributed by atoms with Gasteiger partial charge in [-0.25, -0.2) is 4.99 Å². The van der Waals surface area contributed by atoms with E-state index in [9.17, 15) is 0 Å². The Labute approximate surface area is 106 Å². The number of methoxy groups -OCH3 is 2. The van der Waals surface area contributed by atoms with Gasteiger partial charge in [-0.3, -0.25) is 0 Å². The number of benzene rings is 1. The number of nitrogens with zero attached hydrogens (tertiary/aromatic N) is 1. The molecule has 0 saturated carbocycles. The fraction of sp³-hybridized carbons (Fsp3) is 0.417. The van der Waals surface area contributed by atoms with E-state index in [-0.39, 0.29) is 6.61 Å². The van der Waals surface area contributed by atoms with Crippen molar-refractivity contribution in [2.24, 2.45) is 10.7 Å². The van der Waals surface area contributed by atoms with E-state index in [0.29, 0.717) is 30.5 Å². The summed E-state index contributed by atoms with van der Waals surface area (Å²) >= 11 is 0. The monoisotopic (exact) mass is 253 g/mol. The number of rotatable bonds is 6. The molecule has 0 aliphatic heterocycles. The van der Waals surface area contributed by atoms with Crippen LogP contribution in [0.1, 0.15) is 5.56 Å². The SMILES string of the molecule is COc1ccc(CN=C(N)NCCO)cc1OC. The maximum Gasteiger partial charge on any atom is 0.188 e. The smallest absolute Gasteiger partial charge is 0.188 e. The first-order valence-corrected chi connectivity index (χ1v) is 5.56. The summed E-state index contributed by atoms with van der Waals surface area (Å²) in [6.07, 6.45) is 0. The standard InChI is InChI=1S/C12H19N3O3/c1-17-10-4-3-9(7-11(10)18-2)8-15-12(13)14-5-6-16/h3-4,7,16H,5-6,8H2,1-2H3,(H3,13,14,15). The molecule has 100 valence electrons. The molecule has 4 N–H and O–H groups in total. The molecule has 0 aliphatic carbocycles. The largest absolute Gasteiger partial charge is 0.493 e. The summed E-state index contributed by atoms with van der Waals surface area (Å²) < 4.78 is 10.3. The molecule has 0 heterocycles. The molecule has 1 aromatic rings. The number of aliphatic hydroxyl groups excluding tert-OH is 1. The van der Waals surface area contributed by atoms with Gasteiger partial charge >= 0.3 is 0 Å². The number of nitrogens with one attached hydrogen (secondary N) is 1. The van der Waals surface area contributed by atoms with Crippen LogP contribution < -0.4 is 20.5 Å². The van der Waals surface area contributed by atoms with Crippen molar-refractivity contribution in [2.75, 3.05) is 27.4 Å². The molecule has 0 aromatic heterocycles. The predicted octanol–water partition coefficient (Wildman–Crippen LogP) is 0.100. The van der Waals surface area contributed by atoms with Crippen molar-refractivity contribution >= 4 is 5.96 Å². The Hall–Kier alpha value is -1.95. The van der Waals surface area contributed by atoms with Crippen LogP contribution in [0.15, 0.2) is 23.2 Å². The summed E-state index contributed by atoms with van der Waals surface area (Å²) in [6, 6.07) is 5.56. The Kier molecular flexibility index (Phi) is 5.79. The van der Waals surface area contributed by atoms with Gasteiger partial charge in [-0.1, -0.05) is 6.07 Å². The summed E-state index contributed by atoms with van der Waals surface area (Å²) in [5.74, 6) is 1.64. The first kappa shape index (κ1) is 14.1. The average molecular weight is 253 g/mol. The Bertz CT molecular complexity index is 408. The fourth-order valence-corrected chi connectivity index (χ4v) is 1.40.